The molecule has 0 aliphatic carbocycles. The first-order valence-electron chi connectivity index (χ1n) is 8.13. The van der Waals surface area contributed by atoms with Gasteiger partial charge in [0.05, 0.1) is 6.61 Å². The third-order valence-electron chi connectivity index (χ3n) is 3.50. The van der Waals surface area contributed by atoms with Gasteiger partial charge >= 0.3 is 5.97 Å². The van der Waals surface area contributed by atoms with E-state index >= 15 is 0 Å². The molecule has 0 aromatic rings. The van der Waals surface area contributed by atoms with Crippen LogP contribution in [0.2, 0.25) is 0 Å². The maximum atomic E-state index is 12.0. The molecule has 0 aliphatic heterocycles. The summed E-state index contributed by atoms with van der Waals surface area (Å²) < 4.78 is 5.18. The van der Waals surface area contributed by atoms with Crippen LogP contribution in [-0.4, -0.2) is 49.2 Å². The van der Waals surface area contributed by atoms with Crippen LogP contribution in [0.5, 0.6) is 0 Å². The molecule has 0 amide bonds. The number of rotatable bonds is 11. The topological polar surface area (TPSA) is 41.6 Å². The van der Waals surface area contributed by atoms with Crippen molar-refractivity contribution in [3.63, 3.8) is 0 Å². The molecule has 0 radical (unpaired) electrons. The quantitative estimate of drug-likeness (QED) is 0.593. The Morgan fingerprint density at radius 2 is 1.70 bits per heavy atom. The Hall–Kier alpha value is -0.610. The maximum Gasteiger partial charge on any atom is 0.324 e. The van der Waals surface area contributed by atoms with E-state index in [1.807, 2.05) is 13.8 Å². The number of nitrogens with one attached hydrogen (secondary N) is 1. The molecule has 0 fully saturated rings. The summed E-state index contributed by atoms with van der Waals surface area (Å²) >= 11 is 0. The molecule has 4 nitrogen and oxygen atoms in total. The number of hydrogen-bond acceptors (Lipinski definition) is 4. The van der Waals surface area contributed by atoms with Crippen LogP contribution in [0, 0.1) is 5.92 Å². The van der Waals surface area contributed by atoms with E-state index in [1.165, 1.54) is 0 Å². The van der Waals surface area contributed by atoms with Gasteiger partial charge in [-0.2, -0.15) is 0 Å². The summed E-state index contributed by atoms with van der Waals surface area (Å²) in [6.45, 7) is 15.7. The van der Waals surface area contributed by atoms with E-state index in [0.29, 0.717) is 18.6 Å². The summed E-state index contributed by atoms with van der Waals surface area (Å²) in [5, 5.41) is 3.26. The van der Waals surface area contributed by atoms with Crippen molar-refractivity contribution < 1.29 is 9.53 Å². The standard InChI is InChI=1S/C16H34N2O2/c1-7-14(8-2)18(11-13(5)6)12-15(17-9-3)16(19)20-10-4/h13-15,17H,7-12H2,1-6H3. The van der Waals surface area contributed by atoms with Gasteiger partial charge in [-0.3, -0.25) is 9.69 Å². The van der Waals surface area contributed by atoms with Gasteiger partial charge in [0, 0.05) is 19.1 Å². The molecular weight excluding hydrogens is 252 g/mol. The molecule has 0 aromatic heterocycles. The van der Waals surface area contributed by atoms with Crippen molar-refractivity contribution in [2.75, 3.05) is 26.2 Å². The minimum Gasteiger partial charge on any atom is -0.465 e. The number of hydrogen-bond donors (Lipinski definition) is 1. The smallest absolute Gasteiger partial charge is 0.324 e. The first-order chi connectivity index (χ1) is 9.49. The number of likely N-dealkylation sites (N-methyl/N-ethyl adjacent to an activating group) is 1. The number of carbonyl (C=O) groups is 1. The summed E-state index contributed by atoms with van der Waals surface area (Å²) in [4.78, 5) is 14.5. The average Bonchev–Trinajstić information content (AvgIpc) is 2.39. The van der Waals surface area contributed by atoms with Crippen molar-refractivity contribution in [2.45, 2.75) is 66.5 Å². The van der Waals surface area contributed by atoms with Gasteiger partial charge in [-0.25, -0.2) is 0 Å². The van der Waals surface area contributed by atoms with Crippen molar-refractivity contribution in [1.29, 1.82) is 0 Å². The minimum absolute atomic E-state index is 0.130. The normalized spacial score (nSPS) is 13.2. The zero-order valence-electron chi connectivity index (χ0n) is 14.2. The molecule has 0 heterocycles. The molecular formula is C16H34N2O2. The largest absolute Gasteiger partial charge is 0.465 e. The molecule has 1 unspecified atom stereocenters. The minimum atomic E-state index is -0.223. The molecule has 0 rings (SSSR count). The van der Waals surface area contributed by atoms with Gasteiger partial charge in [0.25, 0.3) is 0 Å². The van der Waals surface area contributed by atoms with E-state index in [4.69, 9.17) is 4.74 Å². The molecule has 4 heteroatoms. The molecule has 0 saturated heterocycles. The molecule has 0 spiro atoms. The van der Waals surface area contributed by atoms with Gasteiger partial charge in [0.15, 0.2) is 0 Å². The Kier molecular flexibility index (Phi) is 10.8. The lowest BCUT2D eigenvalue weighted by molar-refractivity contribution is -0.146. The van der Waals surface area contributed by atoms with Crippen molar-refractivity contribution in [2.24, 2.45) is 5.92 Å². The average molecular weight is 286 g/mol. The van der Waals surface area contributed by atoms with Gasteiger partial charge in [-0.15, -0.1) is 0 Å². The van der Waals surface area contributed by atoms with Crippen molar-refractivity contribution in [1.82, 2.24) is 10.2 Å². The van der Waals surface area contributed by atoms with E-state index < -0.39 is 0 Å². The fourth-order valence-electron chi connectivity index (χ4n) is 2.59. The molecule has 0 aromatic carbocycles. The Balaban J connectivity index is 4.81. The van der Waals surface area contributed by atoms with Crippen LogP contribution in [0.25, 0.3) is 0 Å². The van der Waals surface area contributed by atoms with Gasteiger partial charge in [-0.05, 0) is 32.2 Å². The lowest BCUT2D eigenvalue weighted by atomic mass is 10.1. The predicted molar refractivity (Wildman–Crippen MR) is 84.9 cm³/mol. The lowest BCUT2D eigenvalue weighted by Crippen LogP contribution is -2.50. The number of ether oxygens (including phenoxy) is 1. The van der Waals surface area contributed by atoms with Crippen LogP contribution in [0.15, 0.2) is 0 Å². The Morgan fingerprint density at radius 3 is 2.10 bits per heavy atom. The third-order valence-corrected chi connectivity index (χ3v) is 3.50. The van der Waals surface area contributed by atoms with Crippen molar-refractivity contribution in [3.8, 4) is 0 Å². The summed E-state index contributed by atoms with van der Waals surface area (Å²) in [5.41, 5.74) is 0. The zero-order valence-corrected chi connectivity index (χ0v) is 14.2. The second-order valence-electron chi connectivity index (χ2n) is 5.68. The van der Waals surface area contributed by atoms with Crippen LogP contribution in [0.4, 0.5) is 0 Å². The molecule has 20 heavy (non-hydrogen) atoms. The first kappa shape index (κ1) is 19.4. The fourth-order valence-corrected chi connectivity index (χ4v) is 2.59. The highest BCUT2D eigenvalue weighted by atomic mass is 16.5. The summed E-state index contributed by atoms with van der Waals surface area (Å²) in [7, 11) is 0. The molecule has 120 valence electrons. The van der Waals surface area contributed by atoms with Gasteiger partial charge in [0.1, 0.15) is 6.04 Å². The Morgan fingerprint density at radius 1 is 1.10 bits per heavy atom. The number of esters is 1. The molecule has 1 N–H and O–H groups in total. The number of carbonyl (C=O) groups excluding carboxylic acids is 1. The van der Waals surface area contributed by atoms with Crippen LogP contribution in [0.1, 0.15) is 54.4 Å². The summed E-state index contributed by atoms with van der Waals surface area (Å²) in [6, 6.07) is 0.312. The Labute approximate surface area is 125 Å². The van der Waals surface area contributed by atoms with Crippen molar-refractivity contribution >= 4 is 5.97 Å². The summed E-state index contributed by atoms with van der Waals surface area (Å²) in [6.07, 6.45) is 2.23. The van der Waals surface area contributed by atoms with E-state index in [9.17, 15) is 4.79 Å². The van der Waals surface area contributed by atoms with E-state index in [0.717, 1.165) is 32.5 Å². The molecule has 0 saturated carbocycles. The van der Waals surface area contributed by atoms with Gasteiger partial charge in [0.2, 0.25) is 0 Å². The second kappa shape index (κ2) is 11.1. The Bertz CT molecular complexity index is 253. The maximum absolute atomic E-state index is 12.0. The van der Waals surface area contributed by atoms with E-state index in [1.54, 1.807) is 0 Å². The molecule has 0 bridgehead atoms. The first-order valence-corrected chi connectivity index (χ1v) is 8.13. The summed E-state index contributed by atoms with van der Waals surface area (Å²) in [5.74, 6) is 0.467. The fraction of sp³-hybridized carbons (Fsp3) is 0.938. The third kappa shape index (κ3) is 7.25. The highest BCUT2D eigenvalue weighted by molar-refractivity contribution is 5.76. The molecule has 1 atom stereocenters. The van der Waals surface area contributed by atoms with Crippen LogP contribution >= 0.6 is 0 Å². The number of nitrogens with zero attached hydrogens (tertiary/aromatic N) is 1. The van der Waals surface area contributed by atoms with E-state index in [-0.39, 0.29) is 12.0 Å². The van der Waals surface area contributed by atoms with Crippen LogP contribution in [-0.2, 0) is 9.53 Å². The lowest BCUT2D eigenvalue weighted by Gasteiger charge is -2.34. The highest BCUT2D eigenvalue weighted by Crippen LogP contribution is 2.12. The predicted octanol–water partition coefficient (Wildman–Crippen LogP) is 2.67. The van der Waals surface area contributed by atoms with Gasteiger partial charge in [-0.1, -0.05) is 34.6 Å². The van der Waals surface area contributed by atoms with E-state index in [2.05, 4.69) is 37.9 Å². The SMILES string of the molecule is CCNC(CN(CC(C)C)C(CC)CC)C(=O)OCC. The monoisotopic (exact) mass is 286 g/mol. The highest BCUT2D eigenvalue weighted by Gasteiger charge is 2.25. The van der Waals surface area contributed by atoms with Crippen LogP contribution < -0.4 is 5.32 Å². The zero-order chi connectivity index (χ0) is 15.5. The van der Waals surface area contributed by atoms with Crippen LogP contribution in [0.3, 0.4) is 0 Å². The molecule has 0 aliphatic rings. The van der Waals surface area contributed by atoms with Gasteiger partial charge < -0.3 is 10.1 Å². The second-order valence-corrected chi connectivity index (χ2v) is 5.68. The van der Waals surface area contributed by atoms with Crippen molar-refractivity contribution in [3.05, 3.63) is 0 Å².